The summed E-state index contributed by atoms with van der Waals surface area (Å²) in [5.74, 6) is -0.326. The van der Waals surface area contributed by atoms with Gasteiger partial charge in [0.05, 0.1) is 16.8 Å². The van der Waals surface area contributed by atoms with E-state index in [-0.39, 0.29) is 12.5 Å². The number of nitrogens with one attached hydrogen (secondary N) is 1. The maximum Gasteiger partial charge on any atom is 0.257 e. The Morgan fingerprint density at radius 1 is 1.06 bits per heavy atom. The largest absolute Gasteiger partial charge is 0.368 e. The average molecular weight is 621 g/mol. The quantitative estimate of drug-likeness (QED) is 0.342. The molecule has 0 unspecified atom stereocenters. The topological polar surface area (TPSA) is 87.8 Å². The monoisotopic (exact) mass is 620 g/mol. The van der Waals surface area contributed by atoms with Gasteiger partial charge in [-0.25, -0.2) is 0 Å². The van der Waals surface area contributed by atoms with Gasteiger partial charge in [0.1, 0.15) is 18.4 Å². The van der Waals surface area contributed by atoms with Crippen LogP contribution in [0.5, 0.6) is 0 Å². The fourth-order valence-corrected chi connectivity index (χ4v) is 4.94. The SMILES string of the molecule is CC(C)(c1ccc(Cl)cc1)N1C(=O)c2cc(I)ccc2NC(=NCC(N)=O)[C@@H]1c1ccc(Cl)cc1. The summed E-state index contributed by atoms with van der Waals surface area (Å²) in [6, 6.07) is 19.6. The van der Waals surface area contributed by atoms with Gasteiger partial charge in [-0.15, -0.1) is 0 Å². The predicted molar refractivity (Wildman–Crippen MR) is 149 cm³/mol. The van der Waals surface area contributed by atoms with E-state index in [1.54, 1.807) is 29.2 Å². The molecule has 9 heteroatoms. The van der Waals surface area contributed by atoms with Crippen molar-refractivity contribution >= 4 is 69.1 Å². The van der Waals surface area contributed by atoms with E-state index in [2.05, 4.69) is 32.9 Å². The van der Waals surface area contributed by atoms with Crippen molar-refractivity contribution in [1.82, 2.24) is 4.90 Å². The number of carbonyl (C=O) groups is 2. The maximum absolute atomic E-state index is 14.3. The van der Waals surface area contributed by atoms with Gasteiger partial charge in [-0.1, -0.05) is 47.5 Å². The Morgan fingerprint density at radius 2 is 1.66 bits per heavy atom. The number of halogens is 3. The molecule has 0 fully saturated rings. The second-order valence-electron chi connectivity index (χ2n) is 8.68. The highest BCUT2D eigenvalue weighted by Crippen LogP contribution is 2.41. The summed E-state index contributed by atoms with van der Waals surface area (Å²) in [6.45, 7) is 3.72. The van der Waals surface area contributed by atoms with Crippen molar-refractivity contribution in [1.29, 1.82) is 0 Å². The second-order valence-corrected chi connectivity index (χ2v) is 10.8. The van der Waals surface area contributed by atoms with Crippen molar-refractivity contribution in [3.8, 4) is 0 Å². The lowest BCUT2D eigenvalue weighted by Gasteiger charge is -2.43. The molecule has 0 saturated heterocycles. The Hall–Kier alpha value is -2.62. The van der Waals surface area contributed by atoms with Gasteiger partial charge in [-0.2, -0.15) is 0 Å². The third-order valence-electron chi connectivity index (χ3n) is 5.95. The van der Waals surface area contributed by atoms with Crippen LogP contribution in [-0.2, 0) is 10.3 Å². The van der Waals surface area contributed by atoms with Crippen LogP contribution in [0.4, 0.5) is 5.69 Å². The minimum Gasteiger partial charge on any atom is -0.368 e. The molecule has 0 aromatic heterocycles. The van der Waals surface area contributed by atoms with Gasteiger partial charge in [0, 0.05) is 13.6 Å². The molecule has 180 valence electrons. The molecule has 2 amide bonds. The van der Waals surface area contributed by atoms with Gasteiger partial charge in [0.25, 0.3) is 5.91 Å². The standard InChI is InChI=1S/C26H23Cl2IN4O2/c1-26(2,16-5-9-18(28)10-6-16)33-23(15-3-7-17(27)8-4-15)24(31-14-22(30)34)32-21-12-11-19(29)13-20(21)25(33)35/h3-13,23H,14H2,1-2H3,(H2,30,34)(H,31,32)/t23-/m0/s1. The number of carbonyl (C=O) groups excluding carboxylic acids is 2. The number of amides is 2. The zero-order valence-corrected chi connectivity index (χ0v) is 22.7. The van der Waals surface area contributed by atoms with Crippen LogP contribution in [0.3, 0.4) is 0 Å². The Balaban J connectivity index is 2.00. The van der Waals surface area contributed by atoms with E-state index in [4.69, 9.17) is 28.9 Å². The predicted octanol–water partition coefficient (Wildman–Crippen LogP) is 6.03. The zero-order chi connectivity index (χ0) is 25.3. The van der Waals surface area contributed by atoms with E-state index in [1.807, 2.05) is 56.3 Å². The summed E-state index contributed by atoms with van der Waals surface area (Å²) in [6.07, 6.45) is 0. The first-order valence-corrected chi connectivity index (χ1v) is 12.7. The first-order valence-electron chi connectivity index (χ1n) is 10.8. The zero-order valence-electron chi connectivity index (χ0n) is 19.1. The number of amidine groups is 1. The molecule has 0 spiro atoms. The molecule has 0 radical (unpaired) electrons. The van der Waals surface area contributed by atoms with E-state index in [0.717, 1.165) is 14.7 Å². The number of benzene rings is 3. The molecule has 3 aromatic carbocycles. The smallest absolute Gasteiger partial charge is 0.257 e. The van der Waals surface area contributed by atoms with E-state index in [9.17, 15) is 9.59 Å². The molecule has 1 atom stereocenters. The third-order valence-corrected chi connectivity index (χ3v) is 7.13. The van der Waals surface area contributed by atoms with Crippen LogP contribution in [0.15, 0.2) is 71.7 Å². The van der Waals surface area contributed by atoms with Gasteiger partial charge in [0.2, 0.25) is 5.91 Å². The highest BCUT2D eigenvalue weighted by Gasteiger charge is 2.44. The van der Waals surface area contributed by atoms with Crippen molar-refractivity contribution in [2.24, 2.45) is 10.7 Å². The number of nitrogens with zero attached hydrogens (tertiary/aromatic N) is 2. The van der Waals surface area contributed by atoms with E-state index < -0.39 is 17.5 Å². The Labute approximate surface area is 227 Å². The molecular formula is C26H23Cl2IN4O2. The summed E-state index contributed by atoms with van der Waals surface area (Å²) in [5.41, 5.74) is 7.41. The number of nitrogens with two attached hydrogens (primary N) is 1. The Bertz CT molecular complexity index is 1310. The lowest BCUT2D eigenvalue weighted by Crippen LogP contribution is -2.50. The van der Waals surface area contributed by atoms with Crippen molar-refractivity contribution < 1.29 is 9.59 Å². The van der Waals surface area contributed by atoms with Crippen LogP contribution in [0.1, 0.15) is 41.4 Å². The summed E-state index contributed by atoms with van der Waals surface area (Å²) in [7, 11) is 0. The van der Waals surface area contributed by atoms with Gasteiger partial charge in [0.15, 0.2) is 0 Å². The van der Waals surface area contributed by atoms with Crippen molar-refractivity contribution in [2.45, 2.75) is 25.4 Å². The van der Waals surface area contributed by atoms with Crippen LogP contribution >= 0.6 is 45.8 Å². The first-order chi connectivity index (χ1) is 16.6. The van der Waals surface area contributed by atoms with Crippen LogP contribution < -0.4 is 11.1 Å². The van der Waals surface area contributed by atoms with Gasteiger partial charge < -0.3 is 16.0 Å². The van der Waals surface area contributed by atoms with Crippen molar-refractivity contribution in [2.75, 3.05) is 11.9 Å². The molecule has 1 aliphatic heterocycles. The lowest BCUT2D eigenvalue weighted by atomic mass is 9.88. The number of hydrogen-bond acceptors (Lipinski definition) is 3. The summed E-state index contributed by atoms with van der Waals surface area (Å²) in [5, 5.41) is 4.49. The Morgan fingerprint density at radius 3 is 2.26 bits per heavy atom. The van der Waals surface area contributed by atoms with Crippen LogP contribution in [0.25, 0.3) is 0 Å². The van der Waals surface area contributed by atoms with Crippen molar-refractivity contribution in [3.05, 3.63) is 97.0 Å². The molecule has 1 aliphatic rings. The number of anilines is 1. The number of rotatable bonds is 5. The maximum atomic E-state index is 14.3. The summed E-state index contributed by atoms with van der Waals surface area (Å²) < 4.78 is 0.918. The highest BCUT2D eigenvalue weighted by atomic mass is 127. The molecule has 0 aliphatic carbocycles. The number of aliphatic imine (C=N–C) groups is 1. The molecule has 3 aromatic rings. The van der Waals surface area contributed by atoms with E-state index >= 15 is 0 Å². The summed E-state index contributed by atoms with van der Waals surface area (Å²) in [4.78, 5) is 32.3. The minimum atomic E-state index is -0.802. The molecule has 3 N–H and O–H groups in total. The number of hydrogen-bond donors (Lipinski definition) is 2. The van der Waals surface area contributed by atoms with Gasteiger partial charge in [-0.05, 0) is 90.0 Å². The molecule has 6 nitrogen and oxygen atoms in total. The minimum absolute atomic E-state index is 0.185. The normalized spacial score (nSPS) is 17.1. The van der Waals surface area contributed by atoms with E-state index in [0.29, 0.717) is 27.1 Å². The molecular weight excluding hydrogens is 598 g/mol. The molecule has 35 heavy (non-hydrogen) atoms. The molecule has 0 bridgehead atoms. The van der Waals surface area contributed by atoms with Crippen LogP contribution in [0, 0.1) is 3.57 Å². The fourth-order valence-electron chi connectivity index (χ4n) is 4.19. The van der Waals surface area contributed by atoms with Gasteiger partial charge in [-0.3, -0.25) is 14.6 Å². The highest BCUT2D eigenvalue weighted by molar-refractivity contribution is 14.1. The average Bonchev–Trinajstić information content (AvgIpc) is 2.93. The van der Waals surface area contributed by atoms with Crippen LogP contribution in [-0.4, -0.2) is 29.1 Å². The van der Waals surface area contributed by atoms with Gasteiger partial charge >= 0.3 is 0 Å². The van der Waals surface area contributed by atoms with Crippen molar-refractivity contribution in [3.63, 3.8) is 0 Å². The summed E-state index contributed by atoms with van der Waals surface area (Å²) >= 11 is 14.5. The Kier molecular flexibility index (Phi) is 7.40. The number of fused-ring (bicyclic) bond motifs is 1. The fraction of sp³-hybridized carbons (Fsp3) is 0.192. The molecule has 0 saturated carbocycles. The van der Waals surface area contributed by atoms with E-state index in [1.165, 1.54) is 0 Å². The lowest BCUT2D eigenvalue weighted by molar-refractivity contribution is -0.116. The number of primary amides is 1. The molecule has 1 heterocycles. The third kappa shape index (κ3) is 5.32. The first kappa shape index (κ1) is 25.5. The van der Waals surface area contributed by atoms with Crippen LogP contribution in [0.2, 0.25) is 10.0 Å². The second kappa shape index (κ2) is 10.2. The molecule has 4 rings (SSSR count).